The average molecular weight is 322 g/mol. The molecule has 0 saturated carbocycles. The number of rotatable bonds is 4. The number of pyridine rings is 1. The van der Waals surface area contributed by atoms with Crippen LogP contribution in [0.4, 0.5) is 0 Å². The predicted molar refractivity (Wildman–Crippen MR) is 71.0 cm³/mol. The van der Waals surface area contributed by atoms with Crippen molar-refractivity contribution in [3.05, 3.63) is 22.9 Å². The lowest BCUT2D eigenvalue weighted by Gasteiger charge is -2.19. The Morgan fingerprint density at radius 3 is 2.59 bits per heavy atom. The first-order chi connectivity index (χ1) is 7.74. The van der Waals surface area contributed by atoms with Crippen LogP contribution >= 0.6 is 15.9 Å². The van der Waals surface area contributed by atoms with Gasteiger partial charge in [0.2, 0.25) is 0 Å². The Morgan fingerprint density at radius 2 is 2.06 bits per heavy atom. The summed E-state index contributed by atoms with van der Waals surface area (Å²) in [5.41, 5.74) is 0. The molecule has 0 aliphatic carbocycles. The van der Waals surface area contributed by atoms with Gasteiger partial charge in [-0.05, 0) is 48.8 Å². The molecule has 1 aromatic rings. The lowest BCUT2D eigenvalue weighted by Crippen LogP contribution is -2.32. The molecule has 0 unspecified atom stereocenters. The van der Waals surface area contributed by atoms with E-state index < -0.39 is 14.6 Å². The lowest BCUT2D eigenvalue weighted by atomic mass is 10.3. The Labute approximate surface area is 110 Å². The summed E-state index contributed by atoms with van der Waals surface area (Å²) < 4.78 is 28.8. The van der Waals surface area contributed by atoms with Crippen LogP contribution in [0.2, 0.25) is 0 Å². The second kappa shape index (κ2) is 5.35. The van der Waals surface area contributed by atoms with Gasteiger partial charge in [-0.3, -0.25) is 0 Å². The van der Waals surface area contributed by atoms with E-state index in [1.165, 1.54) is 0 Å². The second-order valence-corrected chi connectivity index (χ2v) is 8.19. The zero-order valence-corrected chi connectivity index (χ0v) is 12.5. The van der Waals surface area contributed by atoms with E-state index in [2.05, 4.69) is 20.9 Å². The third kappa shape index (κ3) is 3.96. The van der Waals surface area contributed by atoms with Crippen molar-refractivity contribution in [3.63, 3.8) is 0 Å². The molecule has 0 radical (unpaired) electrons. The highest BCUT2D eigenvalue weighted by Gasteiger charge is 2.28. The number of sulfone groups is 1. The molecule has 0 fully saturated rings. The second-order valence-electron chi connectivity index (χ2n) is 4.57. The van der Waals surface area contributed by atoms with Crippen LogP contribution in [0.1, 0.15) is 20.8 Å². The van der Waals surface area contributed by atoms with Crippen molar-refractivity contribution in [2.24, 2.45) is 0 Å². The minimum Gasteiger partial charge on any atom is -0.490 e. The lowest BCUT2D eigenvalue weighted by molar-refractivity contribution is 0.336. The van der Waals surface area contributed by atoms with Crippen molar-refractivity contribution in [1.82, 2.24) is 4.98 Å². The minimum absolute atomic E-state index is 0.00215. The molecule has 4 nitrogen and oxygen atoms in total. The first kappa shape index (κ1) is 14.4. The third-order valence-corrected chi connectivity index (χ3v) is 5.43. The highest BCUT2D eigenvalue weighted by atomic mass is 79.9. The van der Waals surface area contributed by atoms with Gasteiger partial charge < -0.3 is 4.74 Å². The summed E-state index contributed by atoms with van der Waals surface area (Å²) in [7, 11) is -3.14. The molecule has 17 heavy (non-hydrogen) atoms. The van der Waals surface area contributed by atoms with Gasteiger partial charge in [0, 0.05) is 6.20 Å². The van der Waals surface area contributed by atoms with Gasteiger partial charge in [-0.25, -0.2) is 13.4 Å². The van der Waals surface area contributed by atoms with E-state index in [1.54, 1.807) is 39.1 Å². The van der Waals surface area contributed by atoms with Gasteiger partial charge in [0.15, 0.2) is 15.6 Å². The fourth-order valence-electron chi connectivity index (χ4n) is 1.05. The highest BCUT2D eigenvalue weighted by molar-refractivity contribution is 9.10. The number of ether oxygens (including phenoxy) is 1. The summed E-state index contributed by atoms with van der Waals surface area (Å²) in [6.07, 6.45) is 1.63. The molecule has 0 N–H and O–H groups in total. The number of hydrogen-bond acceptors (Lipinski definition) is 4. The molecule has 0 aromatic carbocycles. The van der Waals surface area contributed by atoms with Crippen molar-refractivity contribution in [2.45, 2.75) is 25.5 Å². The summed E-state index contributed by atoms with van der Waals surface area (Å²) in [6.45, 7) is 5.18. The summed E-state index contributed by atoms with van der Waals surface area (Å²) in [5, 5.41) is 0. The van der Waals surface area contributed by atoms with Crippen molar-refractivity contribution in [1.29, 1.82) is 0 Å². The molecule has 6 heteroatoms. The molecular weight excluding hydrogens is 306 g/mol. The number of halogens is 1. The first-order valence-electron chi connectivity index (χ1n) is 5.20. The first-order valence-corrected chi connectivity index (χ1v) is 7.64. The zero-order valence-electron chi connectivity index (χ0n) is 10.1. The van der Waals surface area contributed by atoms with Crippen molar-refractivity contribution < 1.29 is 13.2 Å². The van der Waals surface area contributed by atoms with Crippen LogP contribution in [0, 0.1) is 0 Å². The van der Waals surface area contributed by atoms with Crippen LogP contribution in [0.5, 0.6) is 5.75 Å². The summed E-state index contributed by atoms with van der Waals surface area (Å²) >= 11 is 3.23. The molecule has 0 amide bonds. The average Bonchev–Trinajstić information content (AvgIpc) is 2.19. The molecule has 0 aliphatic rings. The molecule has 1 rings (SSSR count). The Balaban J connectivity index is 2.58. The van der Waals surface area contributed by atoms with Crippen LogP contribution in [0.25, 0.3) is 0 Å². The van der Waals surface area contributed by atoms with Gasteiger partial charge in [-0.1, -0.05) is 0 Å². The zero-order chi connectivity index (χ0) is 13.1. The predicted octanol–water partition coefficient (Wildman–Crippen LogP) is 2.44. The van der Waals surface area contributed by atoms with Crippen LogP contribution in [-0.2, 0) is 9.84 Å². The Kier molecular flexibility index (Phi) is 4.55. The van der Waals surface area contributed by atoms with Gasteiger partial charge in [0.25, 0.3) is 0 Å². The SMILES string of the molecule is CC(C)(C)S(=O)(=O)CCOc1cccnc1Br. The Hall–Kier alpha value is -0.620. The van der Waals surface area contributed by atoms with Gasteiger partial charge in [-0.15, -0.1) is 0 Å². The smallest absolute Gasteiger partial charge is 0.158 e. The minimum atomic E-state index is -3.14. The fraction of sp³-hybridized carbons (Fsp3) is 0.545. The monoisotopic (exact) mass is 321 g/mol. The quantitative estimate of drug-likeness (QED) is 0.799. The molecular formula is C11H16BrNO3S. The van der Waals surface area contributed by atoms with E-state index in [0.29, 0.717) is 10.4 Å². The number of hydrogen-bond donors (Lipinski definition) is 0. The molecule has 0 bridgehead atoms. The summed E-state index contributed by atoms with van der Waals surface area (Å²) in [6, 6.07) is 3.47. The van der Waals surface area contributed by atoms with Gasteiger partial charge in [0.1, 0.15) is 11.2 Å². The molecule has 0 aliphatic heterocycles. The van der Waals surface area contributed by atoms with Crippen LogP contribution in [0.15, 0.2) is 22.9 Å². The number of aromatic nitrogens is 1. The molecule has 0 saturated heterocycles. The maximum absolute atomic E-state index is 11.8. The van der Waals surface area contributed by atoms with Gasteiger partial charge in [0.05, 0.1) is 10.5 Å². The maximum atomic E-state index is 11.8. The molecule has 1 heterocycles. The van der Waals surface area contributed by atoms with Crippen LogP contribution in [-0.4, -0.2) is 30.5 Å². The van der Waals surface area contributed by atoms with Crippen molar-refractivity contribution in [2.75, 3.05) is 12.4 Å². The Morgan fingerprint density at radius 1 is 1.41 bits per heavy atom. The van der Waals surface area contributed by atoms with E-state index in [4.69, 9.17) is 4.74 Å². The van der Waals surface area contributed by atoms with E-state index in [0.717, 1.165) is 0 Å². The van der Waals surface area contributed by atoms with E-state index in [-0.39, 0.29) is 12.4 Å². The molecule has 0 spiro atoms. The molecule has 1 aromatic heterocycles. The maximum Gasteiger partial charge on any atom is 0.158 e. The van der Waals surface area contributed by atoms with Gasteiger partial charge in [-0.2, -0.15) is 0 Å². The topological polar surface area (TPSA) is 56.3 Å². The fourth-order valence-corrected chi connectivity index (χ4v) is 2.33. The van der Waals surface area contributed by atoms with E-state index in [9.17, 15) is 8.42 Å². The highest BCUT2D eigenvalue weighted by Crippen LogP contribution is 2.21. The standard InChI is InChI=1S/C11H16BrNO3S/c1-11(2,3)17(14,15)8-7-16-9-5-4-6-13-10(9)12/h4-6H,7-8H2,1-3H3. The molecule has 96 valence electrons. The Bertz CT molecular complexity index is 480. The van der Waals surface area contributed by atoms with Crippen LogP contribution in [0.3, 0.4) is 0 Å². The third-order valence-electron chi connectivity index (χ3n) is 2.27. The molecule has 0 atom stereocenters. The number of nitrogens with zero attached hydrogens (tertiary/aromatic N) is 1. The van der Waals surface area contributed by atoms with E-state index in [1.807, 2.05) is 0 Å². The summed E-state index contributed by atoms with van der Waals surface area (Å²) in [4.78, 5) is 3.99. The summed E-state index contributed by atoms with van der Waals surface area (Å²) in [5.74, 6) is 0.550. The normalized spacial score (nSPS) is 12.5. The van der Waals surface area contributed by atoms with E-state index >= 15 is 0 Å². The van der Waals surface area contributed by atoms with Gasteiger partial charge >= 0.3 is 0 Å². The van der Waals surface area contributed by atoms with Crippen molar-refractivity contribution in [3.8, 4) is 5.75 Å². The largest absolute Gasteiger partial charge is 0.490 e. The van der Waals surface area contributed by atoms with Crippen molar-refractivity contribution >= 4 is 25.8 Å². The van der Waals surface area contributed by atoms with Crippen LogP contribution < -0.4 is 4.74 Å².